The molecule has 0 bridgehead atoms. The second-order valence-electron chi connectivity index (χ2n) is 6.60. The summed E-state index contributed by atoms with van der Waals surface area (Å²) in [4.78, 5) is 2.38. The summed E-state index contributed by atoms with van der Waals surface area (Å²) in [6, 6.07) is 6.34. The van der Waals surface area contributed by atoms with Crippen LogP contribution in [0.5, 0.6) is 5.75 Å². The molecule has 3 unspecified atom stereocenters. The number of aliphatic hydroxyl groups excluding tert-OH is 1. The Balaban J connectivity index is 1.83. The molecule has 0 spiro atoms. The van der Waals surface area contributed by atoms with Crippen LogP contribution in [-0.2, 0) is 0 Å². The Kier molecular flexibility index (Phi) is 4.89. The van der Waals surface area contributed by atoms with Crippen LogP contribution in [0.4, 0.5) is 5.69 Å². The third kappa shape index (κ3) is 3.23. The fraction of sp³-hybridized carbons (Fsp3) is 0.667. The summed E-state index contributed by atoms with van der Waals surface area (Å²) in [6.45, 7) is 7.27. The molecular weight excluding hydrogens is 276 g/mol. The molecule has 1 aromatic carbocycles. The fourth-order valence-corrected chi connectivity index (χ4v) is 3.59. The molecule has 1 saturated heterocycles. The van der Waals surface area contributed by atoms with Gasteiger partial charge >= 0.3 is 0 Å². The van der Waals surface area contributed by atoms with Gasteiger partial charge in [-0.05, 0) is 50.4 Å². The minimum absolute atomic E-state index is 0.176. The predicted molar refractivity (Wildman–Crippen MR) is 89.6 cm³/mol. The van der Waals surface area contributed by atoms with Crippen LogP contribution in [0.3, 0.4) is 0 Å². The number of nitrogens with one attached hydrogen (secondary N) is 1. The number of aliphatic hydroxyl groups is 1. The third-order valence-corrected chi connectivity index (χ3v) is 4.69. The molecule has 3 atom stereocenters. The van der Waals surface area contributed by atoms with Gasteiger partial charge in [0.1, 0.15) is 11.9 Å². The molecule has 1 aromatic rings. The molecule has 3 rings (SSSR count). The standard InChI is InChI=1S/C18H28N2O2/c1-3-10-20-12-13(2)22-17-8-7-14(11-16(17)20)18(21)15-6-4-5-9-19-15/h7-8,11,13,15,18-19,21H,3-6,9-10,12H2,1-2H3. The molecule has 0 aliphatic carbocycles. The Morgan fingerprint density at radius 1 is 1.41 bits per heavy atom. The maximum atomic E-state index is 10.7. The molecule has 2 heterocycles. The van der Waals surface area contributed by atoms with Crippen LogP contribution in [0.2, 0.25) is 0 Å². The number of ether oxygens (including phenoxy) is 1. The van der Waals surface area contributed by atoms with Crippen molar-refractivity contribution in [3.63, 3.8) is 0 Å². The van der Waals surface area contributed by atoms with Gasteiger partial charge in [0.15, 0.2) is 0 Å². The van der Waals surface area contributed by atoms with E-state index in [1.54, 1.807) is 0 Å². The second kappa shape index (κ2) is 6.88. The molecular formula is C18H28N2O2. The fourth-order valence-electron chi connectivity index (χ4n) is 3.59. The van der Waals surface area contributed by atoms with Crippen molar-refractivity contribution in [2.24, 2.45) is 0 Å². The van der Waals surface area contributed by atoms with Gasteiger partial charge in [0.2, 0.25) is 0 Å². The average molecular weight is 304 g/mol. The molecule has 2 aliphatic rings. The molecule has 1 fully saturated rings. The zero-order valence-electron chi connectivity index (χ0n) is 13.7. The molecule has 122 valence electrons. The van der Waals surface area contributed by atoms with E-state index in [4.69, 9.17) is 4.74 Å². The summed E-state index contributed by atoms with van der Waals surface area (Å²) in [6.07, 6.45) is 4.35. The Morgan fingerprint density at radius 3 is 3.00 bits per heavy atom. The van der Waals surface area contributed by atoms with Gasteiger partial charge in [-0.2, -0.15) is 0 Å². The minimum atomic E-state index is -0.437. The maximum Gasteiger partial charge on any atom is 0.143 e. The van der Waals surface area contributed by atoms with Crippen molar-refractivity contribution in [1.82, 2.24) is 5.32 Å². The zero-order valence-corrected chi connectivity index (χ0v) is 13.7. The normalized spacial score (nSPS) is 26.2. The first-order chi connectivity index (χ1) is 10.7. The van der Waals surface area contributed by atoms with Crippen molar-refractivity contribution in [2.45, 2.75) is 57.8 Å². The van der Waals surface area contributed by atoms with E-state index < -0.39 is 6.10 Å². The van der Waals surface area contributed by atoms with Gasteiger partial charge < -0.3 is 20.1 Å². The van der Waals surface area contributed by atoms with Crippen molar-refractivity contribution in [3.05, 3.63) is 23.8 Å². The van der Waals surface area contributed by atoms with E-state index in [1.165, 1.54) is 12.8 Å². The van der Waals surface area contributed by atoms with Crippen LogP contribution in [0, 0.1) is 0 Å². The summed E-state index contributed by atoms with van der Waals surface area (Å²) in [5.41, 5.74) is 2.13. The van der Waals surface area contributed by atoms with E-state index >= 15 is 0 Å². The number of benzene rings is 1. The predicted octanol–water partition coefficient (Wildman–Crippen LogP) is 2.86. The van der Waals surface area contributed by atoms with Gasteiger partial charge in [-0.3, -0.25) is 0 Å². The van der Waals surface area contributed by atoms with Crippen molar-refractivity contribution in [1.29, 1.82) is 0 Å². The molecule has 2 aliphatic heterocycles. The number of nitrogens with zero attached hydrogens (tertiary/aromatic N) is 1. The molecule has 4 nitrogen and oxygen atoms in total. The van der Waals surface area contributed by atoms with Gasteiger partial charge in [-0.15, -0.1) is 0 Å². The summed E-state index contributed by atoms with van der Waals surface area (Å²) in [5.74, 6) is 0.944. The minimum Gasteiger partial charge on any atom is -0.487 e. The lowest BCUT2D eigenvalue weighted by Gasteiger charge is -2.36. The summed E-state index contributed by atoms with van der Waals surface area (Å²) in [7, 11) is 0. The van der Waals surface area contributed by atoms with Crippen molar-refractivity contribution < 1.29 is 9.84 Å². The monoisotopic (exact) mass is 304 g/mol. The highest BCUT2D eigenvalue weighted by Gasteiger charge is 2.27. The lowest BCUT2D eigenvalue weighted by Crippen LogP contribution is -2.40. The van der Waals surface area contributed by atoms with E-state index in [9.17, 15) is 5.11 Å². The first-order valence-electron chi connectivity index (χ1n) is 8.66. The number of fused-ring (bicyclic) bond motifs is 1. The molecule has 2 N–H and O–H groups in total. The van der Waals surface area contributed by atoms with Gasteiger partial charge in [-0.25, -0.2) is 0 Å². The highest BCUT2D eigenvalue weighted by atomic mass is 16.5. The Hall–Kier alpha value is -1.26. The second-order valence-corrected chi connectivity index (χ2v) is 6.60. The van der Waals surface area contributed by atoms with Gasteiger partial charge in [-0.1, -0.05) is 19.4 Å². The van der Waals surface area contributed by atoms with E-state index in [1.807, 2.05) is 12.1 Å². The van der Waals surface area contributed by atoms with Gasteiger partial charge in [0.25, 0.3) is 0 Å². The summed E-state index contributed by atoms with van der Waals surface area (Å²) in [5, 5.41) is 14.1. The highest BCUT2D eigenvalue weighted by molar-refractivity contribution is 5.62. The highest BCUT2D eigenvalue weighted by Crippen LogP contribution is 2.36. The first-order valence-corrected chi connectivity index (χ1v) is 8.66. The van der Waals surface area contributed by atoms with E-state index in [0.29, 0.717) is 0 Å². The zero-order chi connectivity index (χ0) is 15.5. The number of rotatable bonds is 4. The number of hydrogen-bond donors (Lipinski definition) is 2. The Labute approximate surface area is 133 Å². The van der Waals surface area contributed by atoms with Crippen LogP contribution < -0.4 is 15.0 Å². The van der Waals surface area contributed by atoms with Gasteiger partial charge in [0.05, 0.1) is 18.3 Å². The van der Waals surface area contributed by atoms with Crippen molar-refractivity contribution in [2.75, 3.05) is 24.5 Å². The lowest BCUT2D eigenvalue weighted by molar-refractivity contribution is 0.113. The topological polar surface area (TPSA) is 44.7 Å². The molecule has 0 amide bonds. The third-order valence-electron chi connectivity index (χ3n) is 4.69. The average Bonchev–Trinajstić information content (AvgIpc) is 2.55. The van der Waals surface area contributed by atoms with E-state index in [0.717, 1.165) is 49.5 Å². The van der Waals surface area contributed by atoms with E-state index in [-0.39, 0.29) is 12.1 Å². The smallest absolute Gasteiger partial charge is 0.143 e. The SMILES string of the molecule is CCCN1CC(C)Oc2ccc(C(O)C3CCCCN3)cc21. The summed E-state index contributed by atoms with van der Waals surface area (Å²) < 4.78 is 5.95. The number of anilines is 1. The van der Waals surface area contributed by atoms with Crippen LogP contribution in [0.25, 0.3) is 0 Å². The van der Waals surface area contributed by atoms with Crippen LogP contribution >= 0.6 is 0 Å². The molecule has 22 heavy (non-hydrogen) atoms. The largest absolute Gasteiger partial charge is 0.487 e. The number of hydrogen-bond acceptors (Lipinski definition) is 4. The van der Waals surface area contributed by atoms with E-state index in [2.05, 4.69) is 30.1 Å². The Bertz CT molecular complexity index is 500. The van der Waals surface area contributed by atoms with Crippen molar-refractivity contribution >= 4 is 5.69 Å². The summed E-state index contributed by atoms with van der Waals surface area (Å²) >= 11 is 0. The lowest BCUT2D eigenvalue weighted by atomic mass is 9.94. The first kappa shape index (κ1) is 15.6. The quantitative estimate of drug-likeness (QED) is 0.898. The molecule has 0 saturated carbocycles. The molecule has 4 heteroatoms. The van der Waals surface area contributed by atoms with Crippen molar-refractivity contribution in [3.8, 4) is 5.75 Å². The van der Waals surface area contributed by atoms with Crippen LogP contribution in [-0.4, -0.2) is 36.9 Å². The van der Waals surface area contributed by atoms with Crippen LogP contribution in [0.1, 0.15) is 51.2 Å². The van der Waals surface area contributed by atoms with Gasteiger partial charge in [0, 0.05) is 12.6 Å². The molecule has 0 aromatic heterocycles. The van der Waals surface area contributed by atoms with Crippen LogP contribution in [0.15, 0.2) is 18.2 Å². The Morgan fingerprint density at radius 2 is 2.27 bits per heavy atom. The maximum absolute atomic E-state index is 10.7. The molecule has 0 radical (unpaired) electrons. The number of piperidine rings is 1.